The van der Waals surface area contributed by atoms with Crippen LogP contribution in [0.15, 0.2) is 0 Å². The Balaban J connectivity index is 2.73. The van der Waals surface area contributed by atoms with E-state index in [4.69, 9.17) is 0 Å². The Bertz CT molecular complexity index is 140. The number of rotatable bonds is 2. The van der Waals surface area contributed by atoms with E-state index in [0.29, 0.717) is 5.41 Å². The summed E-state index contributed by atoms with van der Waals surface area (Å²) in [5.41, 5.74) is 0.526. The molecule has 2 atom stereocenters. The van der Waals surface area contributed by atoms with Crippen molar-refractivity contribution in [1.82, 2.24) is 0 Å². The van der Waals surface area contributed by atoms with Crippen LogP contribution in [0.2, 0.25) is 0 Å². The highest BCUT2D eigenvalue weighted by Crippen LogP contribution is 2.49. The van der Waals surface area contributed by atoms with Gasteiger partial charge in [0.2, 0.25) is 0 Å². The predicted octanol–water partition coefficient (Wildman–Crippen LogP) is 4.49. The zero-order valence-electron chi connectivity index (χ0n) is 10.1. The summed E-state index contributed by atoms with van der Waals surface area (Å²) in [6.07, 6.45) is 5.74. The Labute approximate surface area is 84.1 Å². The first kappa shape index (κ1) is 11.1. The van der Waals surface area contributed by atoms with Crippen molar-refractivity contribution in [3.8, 4) is 0 Å². The maximum Gasteiger partial charge on any atom is -0.0309 e. The Morgan fingerprint density at radius 2 is 1.31 bits per heavy atom. The monoisotopic (exact) mass is 182 g/mol. The highest BCUT2D eigenvalue weighted by atomic mass is 14.5. The molecule has 13 heavy (non-hydrogen) atoms. The molecule has 0 amide bonds. The Morgan fingerprint density at radius 3 is 1.54 bits per heavy atom. The Hall–Kier alpha value is 0. The van der Waals surface area contributed by atoms with Crippen molar-refractivity contribution in [1.29, 1.82) is 0 Å². The van der Waals surface area contributed by atoms with Gasteiger partial charge in [-0.25, -0.2) is 0 Å². The molecule has 0 aromatic rings. The summed E-state index contributed by atoms with van der Waals surface area (Å²) in [5.74, 6) is 2.98. The molecule has 0 spiro atoms. The largest absolute Gasteiger partial charge is 0.0651 e. The predicted molar refractivity (Wildman–Crippen MR) is 59.7 cm³/mol. The second-order valence-corrected chi connectivity index (χ2v) is 5.81. The van der Waals surface area contributed by atoms with Gasteiger partial charge in [0.05, 0.1) is 0 Å². The van der Waals surface area contributed by atoms with Crippen LogP contribution in [0.4, 0.5) is 0 Å². The van der Waals surface area contributed by atoms with Gasteiger partial charge in [0.25, 0.3) is 0 Å². The highest BCUT2D eigenvalue weighted by Gasteiger charge is 2.40. The van der Waals surface area contributed by atoms with Crippen LogP contribution in [0.5, 0.6) is 0 Å². The van der Waals surface area contributed by atoms with Gasteiger partial charge in [0, 0.05) is 0 Å². The molecule has 0 heteroatoms. The van der Waals surface area contributed by atoms with Crippen LogP contribution >= 0.6 is 0 Å². The molecule has 1 rings (SSSR count). The first-order valence-corrected chi connectivity index (χ1v) is 6.00. The molecule has 0 nitrogen and oxygen atoms in total. The van der Waals surface area contributed by atoms with Crippen LogP contribution in [0.25, 0.3) is 0 Å². The molecule has 0 heterocycles. The summed E-state index contributed by atoms with van der Waals surface area (Å²) in [6, 6.07) is 0. The maximum absolute atomic E-state index is 2.42. The summed E-state index contributed by atoms with van der Waals surface area (Å²) >= 11 is 0. The van der Waals surface area contributed by atoms with E-state index in [1.54, 1.807) is 0 Å². The molecule has 1 saturated carbocycles. The van der Waals surface area contributed by atoms with Crippen LogP contribution in [0, 0.1) is 23.2 Å². The second kappa shape index (κ2) is 4.02. The molecule has 0 aromatic heterocycles. The fourth-order valence-corrected chi connectivity index (χ4v) is 3.50. The minimum atomic E-state index is 0.526. The van der Waals surface area contributed by atoms with E-state index in [2.05, 4.69) is 34.6 Å². The highest BCUT2D eigenvalue weighted by molar-refractivity contribution is 4.90. The minimum Gasteiger partial charge on any atom is -0.0651 e. The van der Waals surface area contributed by atoms with Crippen molar-refractivity contribution in [3.63, 3.8) is 0 Å². The van der Waals surface area contributed by atoms with E-state index in [0.717, 1.165) is 17.8 Å². The van der Waals surface area contributed by atoms with Gasteiger partial charge in [-0.15, -0.1) is 0 Å². The van der Waals surface area contributed by atoms with E-state index in [9.17, 15) is 0 Å². The van der Waals surface area contributed by atoms with Gasteiger partial charge in [-0.3, -0.25) is 0 Å². The van der Waals surface area contributed by atoms with E-state index in [-0.39, 0.29) is 0 Å². The van der Waals surface area contributed by atoms with Gasteiger partial charge in [-0.1, -0.05) is 47.5 Å². The van der Waals surface area contributed by atoms with Gasteiger partial charge in [0.1, 0.15) is 0 Å². The fourth-order valence-electron chi connectivity index (χ4n) is 3.50. The normalized spacial score (nSPS) is 35.3. The molecule has 0 radical (unpaired) electrons. The standard InChI is InChI=1S/C13H26/c1-6-10-8-9-11(7-2)12(10)13(3,4)5/h10-12H,6-9H2,1-5H3. The zero-order chi connectivity index (χ0) is 10.1. The van der Waals surface area contributed by atoms with Crippen molar-refractivity contribution in [3.05, 3.63) is 0 Å². The topological polar surface area (TPSA) is 0 Å². The molecular weight excluding hydrogens is 156 g/mol. The average molecular weight is 182 g/mol. The quantitative estimate of drug-likeness (QED) is 0.590. The lowest BCUT2D eigenvalue weighted by molar-refractivity contribution is 0.132. The fraction of sp³-hybridized carbons (Fsp3) is 1.00. The van der Waals surface area contributed by atoms with Crippen LogP contribution < -0.4 is 0 Å². The smallest absolute Gasteiger partial charge is 0.0309 e. The summed E-state index contributed by atoms with van der Waals surface area (Å²) in [7, 11) is 0. The molecule has 0 N–H and O–H groups in total. The summed E-state index contributed by atoms with van der Waals surface area (Å²) in [4.78, 5) is 0. The first-order chi connectivity index (χ1) is 6.00. The van der Waals surface area contributed by atoms with Gasteiger partial charge in [0.15, 0.2) is 0 Å². The molecule has 78 valence electrons. The summed E-state index contributed by atoms with van der Waals surface area (Å²) in [6.45, 7) is 12.0. The third-order valence-corrected chi connectivity index (χ3v) is 3.97. The molecule has 1 fully saturated rings. The van der Waals surface area contributed by atoms with Crippen LogP contribution in [-0.4, -0.2) is 0 Å². The lowest BCUT2D eigenvalue weighted by Crippen LogP contribution is -2.28. The molecular formula is C13H26. The SMILES string of the molecule is CCC1CCC(CC)C1C(C)(C)C. The third-order valence-electron chi connectivity index (χ3n) is 3.97. The van der Waals surface area contributed by atoms with Crippen LogP contribution in [-0.2, 0) is 0 Å². The molecule has 0 bridgehead atoms. The molecule has 1 aliphatic carbocycles. The van der Waals surface area contributed by atoms with E-state index in [1.165, 1.54) is 25.7 Å². The Morgan fingerprint density at radius 1 is 0.923 bits per heavy atom. The summed E-state index contributed by atoms with van der Waals surface area (Å²) in [5, 5.41) is 0. The minimum absolute atomic E-state index is 0.526. The molecule has 0 aliphatic heterocycles. The van der Waals surface area contributed by atoms with Crippen molar-refractivity contribution in [2.75, 3.05) is 0 Å². The van der Waals surface area contributed by atoms with Crippen molar-refractivity contribution < 1.29 is 0 Å². The Kier molecular flexibility index (Phi) is 3.43. The second-order valence-electron chi connectivity index (χ2n) is 5.81. The van der Waals surface area contributed by atoms with Crippen LogP contribution in [0.3, 0.4) is 0 Å². The lowest BCUT2D eigenvalue weighted by atomic mass is 9.69. The number of hydrogen-bond donors (Lipinski definition) is 0. The van der Waals surface area contributed by atoms with Gasteiger partial charge in [-0.2, -0.15) is 0 Å². The van der Waals surface area contributed by atoms with Crippen LogP contribution in [0.1, 0.15) is 60.3 Å². The average Bonchev–Trinajstić information content (AvgIpc) is 2.45. The molecule has 0 aromatic carbocycles. The van der Waals surface area contributed by atoms with Gasteiger partial charge >= 0.3 is 0 Å². The van der Waals surface area contributed by atoms with Crippen molar-refractivity contribution >= 4 is 0 Å². The third kappa shape index (κ3) is 2.27. The van der Waals surface area contributed by atoms with E-state index in [1.807, 2.05) is 0 Å². The molecule has 1 aliphatic rings. The van der Waals surface area contributed by atoms with Gasteiger partial charge in [-0.05, 0) is 36.0 Å². The zero-order valence-corrected chi connectivity index (χ0v) is 10.1. The lowest BCUT2D eigenvalue weighted by Gasteiger charge is -2.36. The number of hydrogen-bond acceptors (Lipinski definition) is 0. The maximum atomic E-state index is 2.42. The van der Waals surface area contributed by atoms with Crippen molar-refractivity contribution in [2.24, 2.45) is 23.2 Å². The van der Waals surface area contributed by atoms with Gasteiger partial charge < -0.3 is 0 Å². The van der Waals surface area contributed by atoms with Crippen molar-refractivity contribution in [2.45, 2.75) is 60.3 Å². The summed E-state index contributed by atoms with van der Waals surface area (Å²) < 4.78 is 0. The first-order valence-electron chi connectivity index (χ1n) is 6.00. The molecule has 0 saturated heterocycles. The van der Waals surface area contributed by atoms with E-state index < -0.39 is 0 Å². The molecule has 2 unspecified atom stereocenters. The van der Waals surface area contributed by atoms with E-state index >= 15 is 0 Å².